The second-order valence-electron chi connectivity index (χ2n) is 6.60. The number of carbonyl (C=O) groups excluding carboxylic acids is 1. The second-order valence-corrected chi connectivity index (χ2v) is 7.04. The number of likely N-dealkylation sites (N-methyl/N-ethyl adjacent to an activating group) is 1. The Kier molecular flexibility index (Phi) is 7.64. The van der Waals surface area contributed by atoms with Gasteiger partial charge in [0.15, 0.2) is 0 Å². The molecular weight excluding hydrogens is 418 g/mol. The van der Waals surface area contributed by atoms with E-state index in [1.807, 2.05) is 11.9 Å². The number of nitrogens with one attached hydrogen (secondary N) is 1. The molecule has 0 unspecified atom stereocenters. The molecule has 8 nitrogen and oxygen atoms in total. The summed E-state index contributed by atoms with van der Waals surface area (Å²) in [6.45, 7) is 1.14. The summed E-state index contributed by atoms with van der Waals surface area (Å²) in [5.41, 5.74) is 1.23. The van der Waals surface area contributed by atoms with Crippen molar-refractivity contribution >= 4 is 40.8 Å². The fourth-order valence-corrected chi connectivity index (χ4v) is 2.90. The van der Waals surface area contributed by atoms with Gasteiger partial charge in [-0.2, -0.15) is 4.98 Å². The number of hydrogen-bond acceptors (Lipinski definition) is 6. The molecule has 0 bridgehead atoms. The van der Waals surface area contributed by atoms with Crippen molar-refractivity contribution in [2.75, 3.05) is 49.5 Å². The summed E-state index contributed by atoms with van der Waals surface area (Å²) < 4.78 is 10.4. The van der Waals surface area contributed by atoms with E-state index < -0.39 is 0 Å². The Morgan fingerprint density at radius 3 is 2.42 bits per heavy atom. The van der Waals surface area contributed by atoms with Crippen LogP contribution in [0.4, 0.5) is 27.9 Å². The zero-order chi connectivity index (χ0) is 22.2. The Morgan fingerprint density at radius 1 is 1.06 bits per heavy atom. The summed E-state index contributed by atoms with van der Waals surface area (Å²) in [6, 6.07) is 15.3. The van der Waals surface area contributed by atoms with Crippen LogP contribution in [0.15, 0.2) is 60.8 Å². The van der Waals surface area contributed by atoms with Gasteiger partial charge < -0.3 is 19.7 Å². The minimum Gasteiger partial charge on any atom is -0.497 e. The number of anilines is 4. The number of urea groups is 1. The summed E-state index contributed by atoms with van der Waals surface area (Å²) >= 11 is 5.95. The van der Waals surface area contributed by atoms with Crippen LogP contribution in [0.5, 0.6) is 5.75 Å². The second kappa shape index (κ2) is 10.6. The quantitative estimate of drug-likeness (QED) is 0.550. The first-order valence-corrected chi connectivity index (χ1v) is 9.93. The number of methoxy groups -OCH3 is 2. The van der Waals surface area contributed by atoms with Gasteiger partial charge in [-0.25, -0.2) is 14.7 Å². The molecule has 0 aliphatic carbocycles. The van der Waals surface area contributed by atoms with Gasteiger partial charge in [0.05, 0.1) is 19.4 Å². The van der Waals surface area contributed by atoms with Crippen LogP contribution in [0.25, 0.3) is 0 Å². The topological polar surface area (TPSA) is 79.8 Å². The Bertz CT molecular complexity index is 999. The van der Waals surface area contributed by atoms with E-state index >= 15 is 0 Å². The number of nitrogens with zero attached hydrogens (tertiary/aromatic N) is 4. The first-order valence-electron chi connectivity index (χ1n) is 9.55. The van der Waals surface area contributed by atoms with E-state index in [2.05, 4.69) is 15.3 Å². The lowest BCUT2D eigenvalue weighted by molar-refractivity contribution is 0.206. The maximum atomic E-state index is 13.3. The van der Waals surface area contributed by atoms with Crippen molar-refractivity contribution in [2.24, 2.45) is 0 Å². The van der Waals surface area contributed by atoms with E-state index in [-0.39, 0.29) is 6.03 Å². The first-order chi connectivity index (χ1) is 15.0. The average molecular weight is 442 g/mol. The van der Waals surface area contributed by atoms with E-state index in [1.54, 1.807) is 75.0 Å². The number of ether oxygens (including phenoxy) is 2. The lowest BCUT2D eigenvalue weighted by Gasteiger charge is -2.24. The van der Waals surface area contributed by atoms with Crippen LogP contribution in [0.3, 0.4) is 0 Å². The van der Waals surface area contributed by atoms with Crippen LogP contribution in [-0.4, -0.2) is 50.4 Å². The van der Waals surface area contributed by atoms with Crippen molar-refractivity contribution in [2.45, 2.75) is 0 Å². The van der Waals surface area contributed by atoms with Gasteiger partial charge in [-0.05, 0) is 48.5 Å². The molecule has 0 aliphatic heterocycles. The number of rotatable bonds is 8. The maximum absolute atomic E-state index is 13.3. The largest absolute Gasteiger partial charge is 0.497 e. The SMILES string of the molecule is COCCN(C)c1nccc(N(C(=O)Nc2ccc(Cl)cc2)c2ccc(OC)cc2)n1. The third-order valence-corrected chi connectivity index (χ3v) is 4.71. The minimum atomic E-state index is -0.378. The highest BCUT2D eigenvalue weighted by molar-refractivity contribution is 6.30. The Labute approximate surface area is 186 Å². The molecule has 3 aromatic rings. The molecule has 2 aromatic carbocycles. The lowest BCUT2D eigenvalue weighted by atomic mass is 10.2. The van der Waals surface area contributed by atoms with Crippen molar-refractivity contribution in [1.29, 1.82) is 0 Å². The van der Waals surface area contributed by atoms with E-state index in [1.165, 1.54) is 4.90 Å². The summed E-state index contributed by atoms with van der Waals surface area (Å²) in [5.74, 6) is 1.59. The molecule has 0 fully saturated rings. The maximum Gasteiger partial charge on any atom is 0.332 e. The van der Waals surface area contributed by atoms with Crippen molar-refractivity contribution in [3.05, 3.63) is 65.8 Å². The summed E-state index contributed by atoms with van der Waals surface area (Å²) in [6.07, 6.45) is 1.62. The molecule has 0 aliphatic rings. The molecule has 0 saturated heterocycles. The number of amides is 2. The Hall–Kier alpha value is -3.36. The van der Waals surface area contributed by atoms with Crippen LogP contribution >= 0.6 is 11.6 Å². The van der Waals surface area contributed by atoms with Crippen LogP contribution in [0, 0.1) is 0 Å². The number of benzene rings is 2. The molecule has 0 atom stereocenters. The third kappa shape index (κ3) is 5.84. The zero-order valence-electron chi connectivity index (χ0n) is 17.6. The summed E-state index contributed by atoms with van der Waals surface area (Å²) in [5, 5.41) is 3.47. The highest BCUT2D eigenvalue weighted by Gasteiger charge is 2.21. The molecule has 0 radical (unpaired) electrons. The lowest BCUT2D eigenvalue weighted by Crippen LogP contribution is -2.32. The number of halogens is 1. The summed E-state index contributed by atoms with van der Waals surface area (Å²) in [7, 11) is 5.09. The highest BCUT2D eigenvalue weighted by atomic mass is 35.5. The number of aromatic nitrogens is 2. The van der Waals surface area contributed by atoms with Crippen LogP contribution in [0.1, 0.15) is 0 Å². The van der Waals surface area contributed by atoms with Crippen molar-refractivity contribution < 1.29 is 14.3 Å². The molecule has 0 spiro atoms. The third-order valence-electron chi connectivity index (χ3n) is 4.46. The molecule has 31 heavy (non-hydrogen) atoms. The van der Waals surface area contributed by atoms with Gasteiger partial charge in [0.1, 0.15) is 11.6 Å². The monoisotopic (exact) mass is 441 g/mol. The average Bonchev–Trinajstić information content (AvgIpc) is 2.80. The van der Waals surface area contributed by atoms with E-state index in [0.717, 1.165) is 0 Å². The fourth-order valence-electron chi connectivity index (χ4n) is 2.77. The molecule has 1 N–H and O–H groups in total. The number of hydrogen-bond donors (Lipinski definition) is 1. The Balaban J connectivity index is 1.95. The van der Waals surface area contributed by atoms with Gasteiger partial charge in [0.2, 0.25) is 5.95 Å². The molecule has 1 heterocycles. The Morgan fingerprint density at radius 2 is 1.77 bits per heavy atom. The van der Waals surface area contributed by atoms with Gasteiger partial charge in [0.25, 0.3) is 0 Å². The molecule has 2 amide bonds. The van der Waals surface area contributed by atoms with Gasteiger partial charge in [-0.15, -0.1) is 0 Å². The van der Waals surface area contributed by atoms with Crippen LogP contribution in [0.2, 0.25) is 5.02 Å². The van der Waals surface area contributed by atoms with Gasteiger partial charge in [-0.1, -0.05) is 11.6 Å². The summed E-state index contributed by atoms with van der Waals surface area (Å²) in [4.78, 5) is 25.5. The molecule has 3 rings (SSSR count). The van der Waals surface area contributed by atoms with Crippen LogP contribution in [-0.2, 0) is 4.74 Å². The zero-order valence-corrected chi connectivity index (χ0v) is 18.3. The predicted octanol–water partition coefficient (Wildman–Crippen LogP) is 4.59. The molecule has 1 aromatic heterocycles. The molecule has 162 valence electrons. The fraction of sp³-hybridized carbons (Fsp3) is 0.227. The molecular formula is C22H24ClN5O3. The molecule has 0 saturated carbocycles. The first kappa shape index (κ1) is 22.3. The van der Waals surface area contributed by atoms with E-state index in [0.29, 0.717) is 47.1 Å². The highest BCUT2D eigenvalue weighted by Crippen LogP contribution is 2.28. The van der Waals surface area contributed by atoms with Crippen LogP contribution < -0.4 is 19.9 Å². The normalized spacial score (nSPS) is 10.5. The van der Waals surface area contributed by atoms with Crippen molar-refractivity contribution in [3.8, 4) is 5.75 Å². The van der Waals surface area contributed by atoms with Gasteiger partial charge in [0, 0.05) is 43.7 Å². The number of carbonyl (C=O) groups is 1. The predicted molar refractivity (Wildman–Crippen MR) is 123 cm³/mol. The van der Waals surface area contributed by atoms with Crippen molar-refractivity contribution in [3.63, 3.8) is 0 Å². The minimum absolute atomic E-state index is 0.378. The standard InChI is InChI=1S/C22H24ClN5O3/c1-27(14-15-30-2)21-24-13-12-20(26-21)28(18-8-10-19(31-3)11-9-18)22(29)25-17-6-4-16(23)5-7-17/h4-13H,14-15H2,1-3H3,(H,25,29). The van der Waals surface area contributed by atoms with Gasteiger partial charge >= 0.3 is 6.03 Å². The van der Waals surface area contributed by atoms with Gasteiger partial charge in [-0.3, -0.25) is 0 Å². The van der Waals surface area contributed by atoms with E-state index in [9.17, 15) is 4.79 Å². The molecule has 9 heteroatoms. The van der Waals surface area contributed by atoms with Crippen molar-refractivity contribution in [1.82, 2.24) is 9.97 Å². The van der Waals surface area contributed by atoms with E-state index in [4.69, 9.17) is 21.1 Å². The smallest absolute Gasteiger partial charge is 0.332 e.